The van der Waals surface area contributed by atoms with Crippen molar-refractivity contribution < 1.29 is 15.0 Å². The number of phenols is 2. The summed E-state index contributed by atoms with van der Waals surface area (Å²) < 4.78 is 0. The van der Waals surface area contributed by atoms with Crippen molar-refractivity contribution in [1.82, 2.24) is 4.90 Å². The molecule has 0 aromatic heterocycles. The fourth-order valence-corrected chi connectivity index (χ4v) is 2.32. The van der Waals surface area contributed by atoms with Gasteiger partial charge in [0.2, 0.25) is 5.91 Å². The van der Waals surface area contributed by atoms with E-state index >= 15 is 0 Å². The third kappa shape index (κ3) is 3.15. The highest BCUT2D eigenvalue weighted by atomic mass is 16.3. The summed E-state index contributed by atoms with van der Waals surface area (Å²) in [6.07, 6.45) is 4.23. The second kappa shape index (κ2) is 5.76. The minimum Gasteiger partial charge on any atom is -0.508 e. The number of aryl methyl sites for hydroxylation is 1. The van der Waals surface area contributed by atoms with Gasteiger partial charge in [0.25, 0.3) is 0 Å². The Labute approximate surface area is 107 Å². The molecule has 1 aromatic rings. The maximum atomic E-state index is 11.9. The highest BCUT2D eigenvalue weighted by Gasteiger charge is 2.16. The van der Waals surface area contributed by atoms with Crippen molar-refractivity contribution in [3.8, 4) is 11.5 Å². The van der Waals surface area contributed by atoms with Crippen LogP contribution in [0.15, 0.2) is 18.2 Å². The van der Waals surface area contributed by atoms with Gasteiger partial charge in [-0.25, -0.2) is 0 Å². The fourth-order valence-electron chi connectivity index (χ4n) is 2.32. The molecule has 1 heterocycles. The van der Waals surface area contributed by atoms with E-state index in [1.54, 1.807) is 0 Å². The number of piperidine rings is 1. The molecule has 0 bridgehead atoms. The number of amides is 1. The minimum absolute atomic E-state index is 0.119. The van der Waals surface area contributed by atoms with E-state index in [9.17, 15) is 15.0 Å². The van der Waals surface area contributed by atoms with E-state index in [2.05, 4.69) is 0 Å². The molecular weight excluding hydrogens is 230 g/mol. The van der Waals surface area contributed by atoms with Gasteiger partial charge in [0.05, 0.1) is 0 Å². The molecule has 0 saturated carbocycles. The highest BCUT2D eigenvalue weighted by Crippen LogP contribution is 2.23. The average Bonchev–Trinajstić information content (AvgIpc) is 2.40. The monoisotopic (exact) mass is 249 g/mol. The quantitative estimate of drug-likeness (QED) is 0.806. The van der Waals surface area contributed by atoms with Gasteiger partial charge in [-0.3, -0.25) is 4.79 Å². The van der Waals surface area contributed by atoms with Gasteiger partial charge in [-0.1, -0.05) is 0 Å². The van der Waals surface area contributed by atoms with Gasteiger partial charge in [0.15, 0.2) is 0 Å². The zero-order valence-corrected chi connectivity index (χ0v) is 10.4. The van der Waals surface area contributed by atoms with Crippen LogP contribution in [0.25, 0.3) is 0 Å². The van der Waals surface area contributed by atoms with Crippen LogP contribution in [0.5, 0.6) is 11.5 Å². The molecule has 0 aliphatic carbocycles. The van der Waals surface area contributed by atoms with Crippen molar-refractivity contribution in [3.05, 3.63) is 23.8 Å². The summed E-state index contributed by atoms with van der Waals surface area (Å²) in [6.45, 7) is 1.70. The molecule has 0 atom stereocenters. The number of rotatable bonds is 3. The Morgan fingerprint density at radius 1 is 1.17 bits per heavy atom. The van der Waals surface area contributed by atoms with Gasteiger partial charge in [0.1, 0.15) is 11.5 Å². The minimum atomic E-state index is 0.119. The van der Waals surface area contributed by atoms with Crippen molar-refractivity contribution in [2.24, 2.45) is 0 Å². The van der Waals surface area contributed by atoms with Crippen LogP contribution in [0.3, 0.4) is 0 Å². The van der Waals surface area contributed by atoms with Crippen LogP contribution in [0.4, 0.5) is 0 Å². The Morgan fingerprint density at radius 2 is 1.89 bits per heavy atom. The molecular formula is C14H19NO3. The fraction of sp³-hybridized carbons (Fsp3) is 0.500. The van der Waals surface area contributed by atoms with Crippen LogP contribution in [0.2, 0.25) is 0 Å². The lowest BCUT2D eigenvalue weighted by Crippen LogP contribution is -2.35. The number of benzene rings is 1. The van der Waals surface area contributed by atoms with Crippen molar-refractivity contribution in [2.75, 3.05) is 13.1 Å². The molecule has 98 valence electrons. The first-order valence-corrected chi connectivity index (χ1v) is 6.45. The van der Waals surface area contributed by atoms with Gasteiger partial charge >= 0.3 is 0 Å². The molecule has 1 aromatic carbocycles. The lowest BCUT2D eigenvalue weighted by atomic mass is 10.1. The summed E-state index contributed by atoms with van der Waals surface area (Å²) in [6, 6.07) is 4.40. The second-order valence-corrected chi connectivity index (χ2v) is 4.75. The molecule has 0 spiro atoms. The van der Waals surface area contributed by atoms with E-state index in [-0.39, 0.29) is 17.4 Å². The lowest BCUT2D eigenvalue weighted by molar-refractivity contribution is -0.132. The number of hydrogen-bond donors (Lipinski definition) is 2. The van der Waals surface area contributed by atoms with E-state index in [0.29, 0.717) is 18.4 Å². The Morgan fingerprint density at radius 3 is 2.61 bits per heavy atom. The molecule has 2 rings (SSSR count). The molecule has 1 amide bonds. The van der Waals surface area contributed by atoms with E-state index in [1.807, 2.05) is 4.90 Å². The van der Waals surface area contributed by atoms with Crippen LogP contribution in [0.1, 0.15) is 31.2 Å². The zero-order chi connectivity index (χ0) is 13.0. The number of carbonyl (C=O) groups excluding carboxylic acids is 1. The molecule has 0 radical (unpaired) electrons. The maximum Gasteiger partial charge on any atom is 0.222 e. The Hall–Kier alpha value is -1.71. The summed E-state index contributed by atoms with van der Waals surface area (Å²) >= 11 is 0. The molecule has 1 aliphatic rings. The van der Waals surface area contributed by atoms with Crippen molar-refractivity contribution in [3.63, 3.8) is 0 Å². The predicted molar refractivity (Wildman–Crippen MR) is 68.5 cm³/mol. The SMILES string of the molecule is O=C(CCc1cc(O)ccc1O)N1CCCCC1. The first-order chi connectivity index (χ1) is 8.66. The van der Waals surface area contributed by atoms with E-state index in [4.69, 9.17) is 0 Å². The highest BCUT2D eigenvalue weighted by molar-refractivity contribution is 5.76. The Bertz CT molecular complexity index is 425. The number of carbonyl (C=O) groups is 1. The number of hydrogen-bond acceptors (Lipinski definition) is 3. The van der Waals surface area contributed by atoms with Crippen molar-refractivity contribution in [2.45, 2.75) is 32.1 Å². The van der Waals surface area contributed by atoms with E-state index in [0.717, 1.165) is 25.9 Å². The number of phenolic OH excluding ortho intramolecular Hbond substituents is 2. The van der Waals surface area contributed by atoms with Crippen LogP contribution in [-0.4, -0.2) is 34.1 Å². The van der Waals surface area contributed by atoms with Gasteiger partial charge < -0.3 is 15.1 Å². The van der Waals surface area contributed by atoms with Crippen LogP contribution >= 0.6 is 0 Å². The largest absolute Gasteiger partial charge is 0.508 e. The van der Waals surface area contributed by atoms with E-state index in [1.165, 1.54) is 24.6 Å². The summed E-state index contributed by atoms with van der Waals surface area (Å²) in [4.78, 5) is 13.8. The summed E-state index contributed by atoms with van der Waals surface area (Å²) in [5.41, 5.74) is 0.625. The van der Waals surface area contributed by atoms with Crippen LogP contribution < -0.4 is 0 Å². The second-order valence-electron chi connectivity index (χ2n) is 4.75. The molecule has 0 unspecified atom stereocenters. The Balaban J connectivity index is 1.90. The normalized spacial score (nSPS) is 15.7. The zero-order valence-electron chi connectivity index (χ0n) is 10.4. The van der Waals surface area contributed by atoms with Crippen LogP contribution in [0, 0.1) is 0 Å². The molecule has 1 saturated heterocycles. The smallest absolute Gasteiger partial charge is 0.222 e. The van der Waals surface area contributed by atoms with Crippen molar-refractivity contribution in [1.29, 1.82) is 0 Å². The molecule has 1 aliphatic heterocycles. The summed E-state index contributed by atoms with van der Waals surface area (Å²) in [7, 11) is 0. The van der Waals surface area contributed by atoms with Gasteiger partial charge in [-0.15, -0.1) is 0 Å². The topological polar surface area (TPSA) is 60.8 Å². The van der Waals surface area contributed by atoms with E-state index < -0.39 is 0 Å². The average molecular weight is 249 g/mol. The predicted octanol–water partition coefficient (Wildman–Crippen LogP) is 2.04. The van der Waals surface area contributed by atoms with Gasteiger partial charge in [0, 0.05) is 19.5 Å². The van der Waals surface area contributed by atoms with Gasteiger partial charge in [-0.05, 0) is 49.4 Å². The lowest BCUT2D eigenvalue weighted by Gasteiger charge is -2.26. The number of likely N-dealkylation sites (tertiary alicyclic amines) is 1. The first-order valence-electron chi connectivity index (χ1n) is 6.45. The third-order valence-electron chi connectivity index (χ3n) is 3.38. The summed E-state index contributed by atoms with van der Waals surface area (Å²) in [5, 5.41) is 19.0. The maximum absolute atomic E-state index is 11.9. The standard InChI is InChI=1S/C14H19NO3/c16-12-5-6-13(17)11(10-12)4-7-14(18)15-8-2-1-3-9-15/h5-6,10,16-17H,1-4,7-9H2. The first kappa shape index (κ1) is 12.7. The Kier molecular flexibility index (Phi) is 4.07. The number of aromatic hydroxyl groups is 2. The molecule has 1 fully saturated rings. The molecule has 2 N–H and O–H groups in total. The van der Waals surface area contributed by atoms with Crippen LogP contribution in [-0.2, 0) is 11.2 Å². The molecule has 18 heavy (non-hydrogen) atoms. The summed E-state index contributed by atoms with van der Waals surface area (Å²) in [5.74, 6) is 0.393. The van der Waals surface area contributed by atoms with Crippen molar-refractivity contribution >= 4 is 5.91 Å². The van der Waals surface area contributed by atoms with Gasteiger partial charge in [-0.2, -0.15) is 0 Å². The third-order valence-corrected chi connectivity index (χ3v) is 3.38. The molecule has 4 nitrogen and oxygen atoms in total. The molecule has 4 heteroatoms. The number of nitrogens with zero attached hydrogens (tertiary/aromatic N) is 1.